The van der Waals surface area contributed by atoms with Crippen LogP contribution in [0.15, 0.2) is 58.6 Å². The van der Waals surface area contributed by atoms with E-state index in [1.807, 2.05) is 6.07 Å². The molecule has 5 rings (SSSR count). The van der Waals surface area contributed by atoms with Gasteiger partial charge in [-0.05, 0) is 48.7 Å². The van der Waals surface area contributed by atoms with Gasteiger partial charge in [-0.1, -0.05) is 12.1 Å². The Hall–Kier alpha value is -3.69. The molecule has 1 aliphatic carbocycles. The topological polar surface area (TPSA) is 108 Å². The van der Waals surface area contributed by atoms with E-state index in [1.54, 1.807) is 0 Å². The van der Waals surface area contributed by atoms with E-state index in [4.69, 9.17) is 4.74 Å². The Morgan fingerprint density at radius 2 is 1.85 bits per heavy atom. The molecule has 2 aromatic carbocycles. The molecule has 1 fully saturated rings. The zero-order valence-electron chi connectivity index (χ0n) is 20.9. The first kappa shape index (κ1) is 26.9. The van der Waals surface area contributed by atoms with Crippen LogP contribution in [0.5, 0.6) is 0 Å². The van der Waals surface area contributed by atoms with Crippen LogP contribution >= 0.6 is 0 Å². The molecule has 1 atom stereocenters. The number of urea groups is 1. The molecule has 0 N–H and O–H groups in total. The molecular weight excluding hydrogens is 535 g/mol. The van der Waals surface area contributed by atoms with Crippen LogP contribution in [0.4, 0.5) is 23.7 Å². The Morgan fingerprint density at radius 3 is 2.46 bits per heavy atom. The third-order valence-electron chi connectivity index (χ3n) is 7.15. The fourth-order valence-corrected chi connectivity index (χ4v) is 6.26. The number of benzene rings is 2. The molecule has 0 radical (unpaired) electrons. The number of sulfone groups is 1. The number of allylic oxidation sites excluding steroid dienone is 1. The van der Waals surface area contributed by atoms with Gasteiger partial charge in [-0.25, -0.2) is 13.2 Å². The summed E-state index contributed by atoms with van der Waals surface area (Å²) in [6.45, 7) is 0.769. The lowest BCUT2D eigenvalue weighted by Gasteiger charge is -2.47. The molecule has 8 nitrogen and oxygen atoms in total. The molecule has 0 spiro atoms. The maximum absolute atomic E-state index is 14.2. The van der Waals surface area contributed by atoms with Crippen molar-refractivity contribution in [3.8, 4) is 6.07 Å². The normalized spacial score (nSPS) is 20.5. The van der Waals surface area contributed by atoms with E-state index in [1.165, 1.54) is 35.2 Å². The van der Waals surface area contributed by atoms with Crippen LogP contribution in [0.3, 0.4) is 0 Å². The molecule has 0 aromatic heterocycles. The van der Waals surface area contributed by atoms with Crippen molar-refractivity contribution in [3.05, 3.63) is 70.4 Å². The van der Waals surface area contributed by atoms with Crippen LogP contribution in [0, 0.1) is 17.2 Å². The number of alkyl halides is 3. The summed E-state index contributed by atoms with van der Waals surface area (Å²) in [5.74, 6) is -0.426. The molecule has 2 aliphatic heterocycles. The SMILES string of the molecule is CS(=O)(=O)c1cc(C#N)ccc1C1C2=C(CCCC2=O)N(c2cccc(C(F)(F)F)c2)C(=O)N1CC1COC1. The monoisotopic (exact) mass is 559 g/mol. The lowest BCUT2D eigenvalue weighted by molar-refractivity contribution is -0.137. The number of carbonyl (C=O) groups excluding carboxylic acids is 2. The van der Waals surface area contributed by atoms with Gasteiger partial charge in [0.1, 0.15) is 0 Å². The maximum Gasteiger partial charge on any atom is 0.416 e. The molecule has 1 unspecified atom stereocenters. The van der Waals surface area contributed by atoms with E-state index in [0.717, 1.165) is 23.3 Å². The Kier molecular flexibility index (Phi) is 6.76. The highest BCUT2D eigenvalue weighted by atomic mass is 32.2. The molecule has 2 heterocycles. The number of hydrogen-bond acceptors (Lipinski definition) is 6. The molecule has 0 bridgehead atoms. The number of ketones is 1. The molecule has 1 saturated heterocycles. The van der Waals surface area contributed by atoms with Gasteiger partial charge in [0.05, 0.1) is 47.0 Å². The van der Waals surface area contributed by atoms with Crippen LogP contribution in [0.1, 0.15) is 42.0 Å². The van der Waals surface area contributed by atoms with Crippen LogP contribution in [-0.4, -0.2) is 51.1 Å². The van der Waals surface area contributed by atoms with Crippen molar-refractivity contribution in [1.82, 2.24) is 4.90 Å². The van der Waals surface area contributed by atoms with E-state index in [9.17, 15) is 36.4 Å². The van der Waals surface area contributed by atoms with Crippen molar-refractivity contribution in [3.63, 3.8) is 0 Å². The van der Waals surface area contributed by atoms with Crippen LogP contribution < -0.4 is 4.90 Å². The predicted molar refractivity (Wildman–Crippen MR) is 133 cm³/mol. The number of anilines is 1. The minimum Gasteiger partial charge on any atom is -0.381 e. The largest absolute Gasteiger partial charge is 0.416 e. The van der Waals surface area contributed by atoms with Gasteiger partial charge in [-0.2, -0.15) is 18.4 Å². The minimum atomic E-state index is -4.65. The zero-order chi connectivity index (χ0) is 28.1. The zero-order valence-corrected chi connectivity index (χ0v) is 21.7. The quantitative estimate of drug-likeness (QED) is 0.529. The number of ether oxygens (including phenoxy) is 1. The average molecular weight is 560 g/mol. The van der Waals surface area contributed by atoms with E-state index >= 15 is 0 Å². The van der Waals surface area contributed by atoms with Crippen molar-refractivity contribution >= 4 is 27.3 Å². The first-order valence-electron chi connectivity index (χ1n) is 12.3. The lowest BCUT2D eigenvalue weighted by Crippen LogP contribution is -2.55. The lowest BCUT2D eigenvalue weighted by atomic mass is 9.82. The molecule has 2 amide bonds. The van der Waals surface area contributed by atoms with Gasteiger partial charge in [0, 0.05) is 36.4 Å². The van der Waals surface area contributed by atoms with Crippen molar-refractivity contribution in [2.24, 2.45) is 5.92 Å². The van der Waals surface area contributed by atoms with Gasteiger partial charge in [0.2, 0.25) is 0 Å². The van der Waals surface area contributed by atoms with Gasteiger partial charge >= 0.3 is 12.2 Å². The number of Topliss-reactive ketones (excluding diaryl/α,β-unsaturated/α-hetero) is 1. The summed E-state index contributed by atoms with van der Waals surface area (Å²) in [4.78, 5) is 30.0. The fraction of sp³-hybridized carbons (Fsp3) is 0.370. The van der Waals surface area contributed by atoms with Crippen molar-refractivity contribution in [2.75, 3.05) is 30.9 Å². The molecule has 0 saturated carbocycles. The summed E-state index contributed by atoms with van der Waals surface area (Å²) in [6, 6.07) is 8.58. The summed E-state index contributed by atoms with van der Waals surface area (Å²) in [5, 5.41) is 9.38. The summed E-state index contributed by atoms with van der Waals surface area (Å²) in [5.41, 5.74) is -0.289. The smallest absolute Gasteiger partial charge is 0.381 e. The highest BCUT2D eigenvalue weighted by Gasteiger charge is 2.47. The molecular formula is C27H24F3N3O5S. The number of hydrogen-bond donors (Lipinski definition) is 0. The van der Waals surface area contributed by atoms with E-state index in [-0.39, 0.29) is 64.1 Å². The predicted octanol–water partition coefficient (Wildman–Crippen LogP) is 4.62. The van der Waals surface area contributed by atoms with Gasteiger partial charge < -0.3 is 9.64 Å². The number of halogens is 3. The first-order chi connectivity index (χ1) is 18.4. The highest BCUT2D eigenvalue weighted by molar-refractivity contribution is 7.90. The average Bonchev–Trinajstić information content (AvgIpc) is 2.85. The third-order valence-corrected chi connectivity index (χ3v) is 8.30. The highest BCUT2D eigenvalue weighted by Crippen LogP contribution is 2.46. The first-order valence-corrected chi connectivity index (χ1v) is 14.2. The Bertz CT molecular complexity index is 1540. The van der Waals surface area contributed by atoms with Gasteiger partial charge in [-0.15, -0.1) is 0 Å². The fourth-order valence-electron chi connectivity index (χ4n) is 5.31. The number of nitrogens with zero attached hydrogens (tertiary/aromatic N) is 3. The Labute approximate surface area is 223 Å². The third kappa shape index (κ3) is 4.92. The summed E-state index contributed by atoms with van der Waals surface area (Å²) in [6.07, 6.45) is -2.90. The van der Waals surface area contributed by atoms with Crippen molar-refractivity contribution in [1.29, 1.82) is 5.26 Å². The van der Waals surface area contributed by atoms with E-state index in [0.29, 0.717) is 19.6 Å². The maximum atomic E-state index is 14.2. The number of carbonyl (C=O) groups is 2. The van der Waals surface area contributed by atoms with Crippen molar-refractivity contribution in [2.45, 2.75) is 36.4 Å². The van der Waals surface area contributed by atoms with Crippen LogP contribution in [0.2, 0.25) is 0 Å². The van der Waals surface area contributed by atoms with Gasteiger partial charge in [-0.3, -0.25) is 9.69 Å². The Balaban J connectivity index is 1.77. The second-order valence-corrected chi connectivity index (χ2v) is 11.9. The molecule has 39 heavy (non-hydrogen) atoms. The number of nitriles is 1. The van der Waals surface area contributed by atoms with Gasteiger partial charge in [0.25, 0.3) is 0 Å². The molecule has 12 heteroatoms. The second-order valence-electron chi connectivity index (χ2n) is 9.90. The molecule has 3 aliphatic rings. The summed E-state index contributed by atoms with van der Waals surface area (Å²) < 4.78 is 71.6. The number of rotatable bonds is 5. The molecule has 2 aromatic rings. The second kappa shape index (κ2) is 9.81. The molecule has 204 valence electrons. The summed E-state index contributed by atoms with van der Waals surface area (Å²) in [7, 11) is -3.91. The number of amides is 2. The van der Waals surface area contributed by atoms with E-state index < -0.39 is 33.6 Å². The van der Waals surface area contributed by atoms with E-state index in [2.05, 4.69) is 0 Å². The summed E-state index contributed by atoms with van der Waals surface area (Å²) >= 11 is 0. The Morgan fingerprint density at radius 1 is 1.10 bits per heavy atom. The van der Waals surface area contributed by atoms with Crippen molar-refractivity contribution < 1.29 is 35.9 Å². The van der Waals surface area contributed by atoms with Gasteiger partial charge in [0.15, 0.2) is 15.6 Å². The van der Waals surface area contributed by atoms with Crippen LogP contribution in [-0.2, 0) is 25.5 Å². The van der Waals surface area contributed by atoms with Crippen LogP contribution in [0.25, 0.3) is 0 Å². The standard InChI is InChI=1S/C27H24F3N3O5S/c1-39(36,37)23-10-16(12-31)8-9-20(23)25-24-21(6-3-7-22(24)34)33(26(35)32(25)13-17-14-38-15-17)19-5-2-4-18(11-19)27(28,29)30/h2,4-5,8-11,17,25H,3,6-7,13-15H2,1H3. The minimum absolute atomic E-state index is 0.0338.